The van der Waals surface area contributed by atoms with Crippen LogP contribution in [-0.4, -0.2) is 19.1 Å². The first-order valence-corrected chi connectivity index (χ1v) is 5.46. The number of benzene rings is 1. The van der Waals surface area contributed by atoms with Crippen LogP contribution in [0.4, 0.5) is 4.39 Å². The minimum atomic E-state index is -0.723. The Morgan fingerprint density at radius 1 is 1.53 bits per heavy atom. The van der Waals surface area contributed by atoms with Crippen molar-refractivity contribution >= 4 is 5.91 Å². The van der Waals surface area contributed by atoms with Gasteiger partial charge in [0.15, 0.2) is 6.10 Å². The fourth-order valence-corrected chi connectivity index (χ4v) is 1.50. The van der Waals surface area contributed by atoms with E-state index in [1.807, 2.05) is 0 Å². The molecule has 0 bridgehead atoms. The molecule has 0 spiro atoms. The van der Waals surface area contributed by atoms with Gasteiger partial charge in [0.2, 0.25) is 0 Å². The Hall–Kier alpha value is -1.62. The molecule has 0 fully saturated rings. The second-order valence-corrected chi connectivity index (χ2v) is 3.74. The molecule has 1 unspecified atom stereocenters. The molecule has 1 amide bonds. The molecule has 0 saturated carbocycles. The Morgan fingerprint density at radius 3 is 2.76 bits per heavy atom. The smallest absolute Gasteiger partial charge is 0.258 e. The van der Waals surface area contributed by atoms with E-state index in [9.17, 15) is 9.18 Å². The number of rotatable bonds is 6. The van der Waals surface area contributed by atoms with Crippen LogP contribution < -0.4 is 15.8 Å². The quantitative estimate of drug-likeness (QED) is 0.785. The normalized spacial score (nSPS) is 12.2. The van der Waals surface area contributed by atoms with E-state index in [0.717, 1.165) is 5.56 Å². The van der Waals surface area contributed by atoms with Crippen molar-refractivity contribution in [3.8, 4) is 5.75 Å². The summed E-state index contributed by atoms with van der Waals surface area (Å²) in [6.07, 6.45) is -0.271. The molecule has 0 aromatic heterocycles. The molecule has 1 aromatic carbocycles. The second kappa shape index (κ2) is 6.20. The number of primary amides is 1. The van der Waals surface area contributed by atoms with Crippen molar-refractivity contribution in [3.63, 3.8) is 0 Å². The van der Waals surface area contributed by atoms with Crippen LogP contribution in [0, 0.1) is 5.82 Å². The van der Waals surface area contributed by atoms with Crippen LogP contribution in [-0.2, 0) is 11.3 Å². The summed E-state index contributed by atoms with van der Waals surface area (Å²) < 4.78 is 18.6. The highest BCUT2D eigenvalue weighted by atomic mass is 19.1. The van der Waals surface area contributed by atoms with Gasteiger partial charge in [0.1, 0.15) is 11.6 Å². The Balaban J connectivity index is 2.86. The lowest BCUT2D eigenvalue weighted by Gasteiger charge is -2.15. The van der Waals surface area contributed by atoms with Crippen LogP contribution >= 0.6 is 0 Å². The van der Waals surface area contributed by atoms with Gasteiger partial charge >= 0.3 is 0 Å². The van der Waals surface area contributed by atoms with Crippen LogP contribution in [0.1, 0.15) is 18.9 Å². The number of carbonyl (C=O) groups excluding carboxylic acids is 1. The lowest BCUT2D eigenvalue weighted by atomic mass is 10.2. The number of halogens is 1. The molecule has 1 rings (SSSR count). The number of nitrogens with two attached hydrogens (primary N) is 1. The van der Waals surface area contributed by atoms with Crippen molar-refractivity contribution in [2.45, 2.75) is 26.0 Å². The topological polar surface area (TPSA) is 64.3 Å². The van der Waals surface area contributed by atoms with Crippen LogP contribution in [0.15, 0.2) is 18.2 Å². The first-order chi connectivity index (χ1) is 8.06. The third kappa shape index (κ3) is 4.03. The first kappa shape index (κ1) is 13.4. The maximum Gasteiger partial charge on any atom is 0.258 e. The summed E-state index contributed by atoms with van der Waals surface area (Å²) >= 11 is 0. The summed E-state index contributed by atoms with van der Waals surface area (Å²) in [4.78, 5) is 11.0. The Labute approximate surface area is 100.0 Å². The van der Waals surface area contributed by atoms with E-state index in [1.54, 1.807) is 20.0 Å². The monoisotopic (exact) mass is 240 g/mol. The van der Waals surface area contributed by atoms with Gasteiger partial charge in [-0.25, -0.2) is 4.39 Å². The van der Waals surface area contributed by atoms with Crippen molar-refractivity contribution in [2.75, 3.05) is 7.05 Å². The summed E-state index contributed by atoms with van der Waals surface area (Å²) in [6, 6.07) is 4.34. The van der Waals surface area contributed by atoms with Gasteiger partial charge in [-0.2, -0.15) is 0 Å². The van der Waals surface area contributed by atoms with Gasteiger partial charge in [0.25, 0.3) is 5.91 Å². The third-order valence-electron chi connectivity index (χ3n) is 2.28. The van der Waals surface area contributed by atoms with Crippen molar-refractivity contribution in [1.82, 2.24) is 5.32 Å². The molecule has 0 aliphatic heterocycles. The molecule has 1 aromatic rings. The van der Waals surface area contributed by atoms with Crippen LogP contribution in [0.25, 0.3) is 0 Å². The van der Waals surface area contributed by atoms with E-state index in [4.69, 9.17) is 10.5 Å². The number of amides is 1. The number of hydrogen-bond acceptors (Lipinski definition) is 3. The fraction of sp³-hybridized carbons (Fsp3) is 0.417. The van der Waals surface area contributed by atoms with Gasteiger partial charge in [-0.05, 0) is 31.2 Å². The number of ether oxygens (including phenoxy) is 1. The summed E-state index contributed by atoms with van der Waals surface area (Å²) in [5.41, 5.74) is 5.91. The highest BCUT2D eigenvalue weighted by molar-refractivity contribution is 5.79. The molecule has 1 atom stereocenters. The van der Waals surface area contributed by atoms with E-state index >= 15 is 0 Å². The molecule has 0 saturated heterocycles. The molecule has 0 aliphatic rings. The highest BCUT2D eigenvalue weighted by Gasteiger charge is 2.15. The molecule has 4 nitrogen and oxygen atoms in total. The Kier molecular flexibility index (Phi) is 4.90. The summed E-state index contributed by atoms with van der Waals surface area (Å²) in [5, 5.41) is 2.91. The Morgan fingerprint density at radius 2 is 2.24 bits per heavy atom. The molecular formula is C12H17FN2O2. The molecule has 94 valence electrons. The number of nitrogens with one attached hydrogen (secondary N) is 1. The van der Waals surface area contributed by atoms with Crippen molar-refractivity contribution in [1.29, 1.82) is 0 Å². The van der Waals surface area contributed by atoms with Gasteiger partial charge in [-0.3, -0.25) is 4.79 Å². The maximum absolute atomic E-state index is 13.3. The predicted octanol–water partition coefficient (Wildman–Crippen LogP) is 1.19. The average Bonchev–Trinajstić information content (AvgIpc) is 2.25. The number of carbonyl (C=O) groups is 1. The van der Waals surface area contributed by atoms with Gasteiger partial charge in [0, 0.05) is 12.6 Å². The standard InChI is InChI=1S/C12H17FN2O2/c1-3-11(12(14)16)17-10-5-8(7-15-2)4-9(13)6-10/h4-6,11,15H,3,7H2,1-2H3,(H2,14,16). The fourth-order valence-electron chi connectivity index (χ4n) is 1.50. The first-order valence-electron chi connectivity index (χ1n) is 5.46. The lowest BCUT2D eigenvalue weighted by molar-refractivity contribution is -0.124. The van der Waals surface area contributed by atoms with Gasteiger partial charge < -0.3 is 15.8 Å². The average molecular weight is 240 g/mol. The zero-order valence-electron chi connectivity index (χ0n) is 10.00. The SMILES string of the molecule is CCC(Oc1cc(F)cc(CNC)c1)C(N)=O. The van der Waals surface area contributed by atoms with E-state index in [0.29, 0.717) is 18.7 Å². The van der Waals surface area contributed by atoms with Crippen molar-refractivity contribution in [2.24, 2.45) is 5.73 Å². The van der Waals surface area contributed by atoms with E-state index in [-0.39, 0.29) is 0 Å². The van der Waals surface area contributed by atoms with Gasteiger partial charge in [-0.15, -0.1) is 0 Å². The summed E-state index contributed by atoms with van der Waals surface area (Å²) in [7, 11) is 1.77. The third-order valence-corrected chi connectivity index (χ3v) is 2.28. The van der Waals surface area contributed by atoms with Crippen LogP contribution in [0.3, 0.4) is 0 Å². The molecule has 5 heteroatoms. The van der Waals surface area contributed by atoms with Crippen molar-refractivity contribution < 1.29 is 13.9 Å². The van der Waals surface area contributed by atoms with Crippen LogP contribution in [0.5, 0.6) is 5.75 Å². The van der Waals surface area contributed by atoms with E-state index in [2.05, 4.69) is 5.32 Å². The highest BCUT2D eigenvalue weighted by Crippen LogP contribution is 2.18. The molecule has 17 heavy (non-hydrogen) atoms. The van der Waals surface area contributed by atoms with Crippen LogP contribution in [0.2, 0.25) is 0 Å². The molecule has 3 N–H and O–H groups in total. The van der Waals surface area contributed by atoms with Gasteiger partial charge in [-0.1, -0.05) is 6.92 Å². The summed E-state index contributed by atoms with van der Waals surface area (Å²) in [6.45, 7) is 2.31. The Bertz CT molecular complexity index is 396. The summed E-state index contributed by atoms with van der Waals surface area (Å²) in [5.74, 6) is -0.625. The van der Waals surface area contributed by atoms with Crippen molar-refractivity contribution in [3.05, 3.63) is 29.6 Å². The predicted molar refractivity (Wildman–Crippen MR) is 63.1 cm³/mol. The van der Waals surface area contributed by atoms with E-state index < -0.39 is 17.8 Å². The minimum Gasteiger partial charge on any atom is -0.481 e. The maximum atomic E-state index is 13.3. The molecule has 0 aliphatic carbocycles. The second-order valence-electron chi connectivity index (χ2n) is 3.74. The largest absolute Gasteiger partial charge is 0.481 e. The number of hydrogen-bond donors (Lipinski definition) is 2. The lowest BCUT2D eigenvalue weighted by Crippen LogP contribution is -2.33. The minimum absolute atomic E-state index is 0.320. The molecule has 0 radical (unpaired) electrons. The zero-order valence-corrected chi connectivity index (χ0v) is 10.00. The molecular weight excluding hydrogens is 223 g/mol. The van der Waals surface area contributed by atoms with Gasteiger partial charge in [0.05, 0.1) is 0 Å². The zero-order chi connectivity index (χ0) is 12.8. The molecule has 0 heterocycles. The van der Waals surface area contributed by atoms with E-state index in [1.165, 1.54) is 12.1 Å².